The first-order valence-corrected chi connectivity index (χ1v) is 8.68. The second kappa shape index (κ2) is 6.81. The minimum atomic E-state index is 0.571. The minimum Gasteiger partial charge on any atom is -0.497 e. The van der Waals surface area contributed by atoms with Crippen LogP contribution in [0.2, 0.25) is 0 Å². The molecule has 3 rings (SSSR count). The Balaban J connectivity index is 1.71. The van der Waals surface area contributed by atoms with Crippen molar-refractivity contribution in [3.8, 4) is 11.5 Å². The summed E-state index contributed by atoms with van der Waals surface area (Å²) >= 11 is 5.23. The molecular weight excluding hydrogens is 350 g/mol. The van der Waals surface area contributed by atoms with E-state index in [1.54, 1.807) is 18.4 Å². The first-order valence-electron chi connectivity index (χ1n) is 7.01. The third-order valence-corrected chi connectivity index (χ3v) is 5.38. The van der Waals surface area contributed by atoms with Crippen LogP contribution in [-0.4, -0.2) is 13.2 Å². The fourth-order valence-corrected chi connectivity index (χ4v) is 3.43. The zero-order chi connectivity index (χ0) is 14.7. The molecule has 112 valence electrons. The van der Waals surface area contributed by atoms with Crippen LogP contribution in [0.4, 0.5) is 0 Å². The van der Waals surface area contributed by atoms with Crippen LogP contribution >= 0.6 is 27.3 Å². The molecule has 1 aliphatic carbocycles. The van der Waals surface area contributed by atoms with Crippen LogP contribution < -0.4 is 14.8 Å². The standard InChI is InChI=1S/C16H18BrNO2S/c1-19-13-5-2-11(9-18-12-3-4-12)15(8-13)20-10-16-14(17)6-7-21-16/h2,5-8,12,18H,3-4,9-10H2,1H3. The molecule has 3 nitrogen and oxygen atoms in total. The monoisotopic (exact) mass is 367 g/mol. The van der Waals surface area contributed by atoms with Gasteiger partial charge in [0.05, 0.1) is 12.0 Å². The summed E-state index contributed by atoms with van der Waals surface area (Å²) in [6, 6.07) is 8.76. The number of hydrogen-bond acceptors (Lipinski definition) is 4. The lowest BCUT2D eigenvalue weighted by molar-refractivity contribution is 0.302. The Labute approximate surface area is 137 Å². The van der Waals surface area contributed by atoms with Crippen molar-refractivity contribution in [3.63, 3.8) is 0 Å². The van der Waals surface area contributed by atoms with Gasteiger partial charge in [0.25, 0.3) is 0 Å². The van der Waals surface area contributed by atoms with E-state index in [0.29, 0.717) is 12.6 Å². The van der Waals surface area contributed by atoms with Crippen molar-refractivity contribution in [2.45, 2.75) is 32.0 Å². The van der Waals surface area contributed by atoms with Crippen LogP contribution in [0.3, 0.4) is 0 Å². The molecule has 2 aromatic rings. The molecule has 0 saturated heterocycles. The van der Waals surface area contributed by atoms with E-state index in [2.05, 4.69) is 32.7 Å². The minimum absolute atomic E-state index is 0.571. The molecule has 1 N–H and O–H groups in total. The van der Waals surface area contributed by atoms with Gasteiger partial charge in [-0.1, -0.05) is 6.07 Å². The van der Waals surface area contributed by atoms with Gasteiger partial charge in [-0.25, -0.2) is 0 Å². The van der Waals surface area contributed by atoms with Gasteiger partial charge in [0.15, 0.2) is 0 Å². The van der Waals surface area contributed by atoms with Crippen molar-refractivity contribution in [1.82, 2.24) is 5.32 Å². The molecule has 0 spiro atoms. The van der Waals surface area contributed by atoms with Gasteiger partial charge in [-0.2, -0.15) is 0 Å². The first kappa shape index (κ1) is 14.9. The number of benzene rings is 1. The molecule has 1 aliphatic rings. The highest BCUT2D eigenvalue weighted by Gasteiger charge is 2.20. The van der Waals surface area contributed by atoms with Gasteiger partial charge in [0, 0.05) is 28.7 Å². The topological polar surface area (TPSA) is 30.5 Å². The number of methoxy groups -OCH3 is 1. The van der Waals surface area contributed by atoms with E-state index in [1.807, 2.05) is 18.2 Å². The van der Waals surface area contributed by atoms with E-state index >= 15 is 0 Å². The number of halogens is 1. The molecule has 0 unspecified atom stereocenters. The lowest BCUT2D eigenvalue weighted by Crippen LogP contribution is -2.16. The second-order valence-electron chi connectivity index (χ2n) is 5.11. The average Bonchev–Trinajstić information content (AvgIpc) is 3.25. The molecule has 21 heavy (non-hydrogen) atoms. The highest BCUT2D eigenvalue weighted by Crippen LogP contribution is 2.29. The zero-order valence-corrected chi connectivity index (χ0v) is 14.3. The fourth-order valence-electron chi connectivity index (χ4n) is 2.06. The summed E-state index contributed by atoms with van der Waals surface area (Å²) in [7, 11) is 1.68. The quantitative estimate of drug-likeness (QED) is 0.788. The smallest absolute Gasteiger partial charge is 0.128 e. The number of rotatable bonds is 7. The fraction of sp³-hybridized carbons (Fsp3) is 0.375. The van der Waals surface area contributed by atoms with E-state index in [9.17, 15) is 0 Å². The number of nitrogens with one attached hydrogen (secondary N) is 1. The van der Waals surface area contributed by atoms with Gasteiger partial charge in [0.1, 0.15) is 18.1 Å². The molecule has 1 aromatic carbocycles. The lowest BCUT2D eigenvalue weighted by atomic mass is 10.2. The maximum absolute atomic E-state index is 6.02. The van der Waals surface area contributed by atoms with E-state index < -0.39 is 0 Å². The van der Waals surface area contributed by atoms with E-state index in [0.717, 1.165) is 22.5 Å². The van der Waals surface area contributed by atoms with E-state index in [4.69, 9.17) is 9.47 Å². The van der Waals surface area contributed by atoms with Crippen molar-refractivity contribution in [3.05, 3.63) is 44.6 Å². The van der Waals surface area contributed by atoms with Crippen LogP contribution in [0.1, 0.15) is 23.3 Å². The summed E-state index contributed by atoms with van der Waals surface area (Å²) in [4.78, 5) is 1.19. The maximum Gasteiger partial charge on any atom is 0.128 e. The third-order valence-electron chi connectivity index (χ3n) is 3.48. The van der Waals surface area contributed by atoms with Crippen LogP contribution in [0.15, 0.2) is 34.1 Å². The van der Waals surface area contributed by atoms with Crippen LogP contribution in [0, 0.1) is 0 Å². The lowest BCUT2D eigenvalue weighted by Gasteiger charge is -2.13. The summed E-state index contributed by atoms with van der Waals surface area (Å²) < 4.78 is 12.4. The molecule has 1 aromatic heterocycles. The summed E-state index contributed by atoms with van der Waals surface area (Å²) in [6.07, 6.45) is 2.57. The molecule has 0 bridgehead atoms. The summed E-state index contributed by atoms with van der Waals surface area (Å²) in [5.74, 6) is 1.72. The predicted molar refractivity (Wildman–Crippen MR) is 89.2 cm³/mol. The van der Waals surface area contributed by atoms with Crippen LogP contribution in [0.25, 0.3) is 0 Å². The SMILES string of the molecule is COc1ccc(CNC2CC2)c(OCc2sccc2Br)c1. The molecule has 1 fully saturated rings. The van der Waals surface area contributed by atoms with Crippen LogP contribution in [-0.2, 0) is 13.2 Å². The van der Waals surface area contributed by atoms with Gasteiger partial charge in [-0.3, -0.25) is 0 Å². The van der Waals surface area contributed by atoms with Crippen LogP contribution in [0.5, 0.6) is 11.5 Å². The molecule has 0 atom stereocenters. The average molecular weight is 368 g/mol. The number of thiophene rings is 1. The highest BCUT2D eigenvalue weighted by molar-refractivity contribution is 9.10. The van der Waals surface area contributed by atoms with Crippen molar-refractivity contribution in [2.75, 3.05) is 7.11 Å². The Morgan fingerprint density at radius 3 is 2.86 bits per heavy atom. The highest BCUT2D eigenvalue weighted by atomic mass is 79.9. The molecule has 1 heterocycles. The van der Waals surface area contributed by atoms with Gasteiger partial charge < -0.3 is 14.8 Å². The largest absolute Gasteiger partial charge is 0.497 e. The molecule has 5 heteroatoms. The van der Waals surface area contributed by atoms with Gasteiger partial charge in [-0.05, 0) is 46.3 Å². The Kier molecular flexibility index (Phi) is 4.83. The zero-order valence-electron chi connectivity index (χ0n) is 11.9. The summed E-state index contributed by atoms with van der Waals surface area (Å²) in [6.45, 7) is 1.41. The van der Waals surface area contributed by atoms with Crippen molar-refractivity contribution < 1.29 is 9.47 Å². The van der Waals surface area contributed by atoms with E-state index in [1.165, 1.54) is 23.3 Å². The number of hydrogen-bond donors (Lipinski definition) is 1. The normalized spacial score (nSPS) is 14.2. The molecular formula is C16H18BrNO2S. The maximum atomic E-state index is 6.02. The van der Waals surface area contributed by atoms with Gasteiger partial charge >= 0.3 is 0 Å². The Morgan fingerprint density at radius 1 is 1.33 bits per heavy atom. The molecule has 0 aliphatic heterocycles. The van der Waals surface area contributed by atoms with Crippen molar-refractivity contribution >= 4 is 27.3 Å². The molecule has 1 saturated carbocycles. The second-order valence-corrected chi connectivity index (χ2v) is 6.96. The Morgan fingerprint density at radius 2 is 2.19 bits per heavy atom. The predicted octanol–water partition coefficient (Wildman–Crippen LogP) is 4.35. The van der Waals surface area contributed by atoms with Gasteiger partial charge in [0.2, 0.25) is 0 Å². The Bertz CT molecular complexity index is 610. The third kappa shape index (κ3) is 3.99. The molecule has 0 radical (unpaired) electrons. The Hall–Kier alpha value is -1.04. The first-order chi connectivity index (χ1) is 10.3. The van der Waals surface area contributed by atoms with Crippen molar-refractivity contribution in [2.24, 2.45) is 0 Å². The van der Waals surface area contributed by atoms with Gasteiger partial charge in [-0.15, -0.1) is 11.3 Å². The summed E-state index contributed by atoms with van der Waals surface area (Å²) in [5, 5.41) is 5.59. The molecule has 0 amide bonds. The van der Waals surface area contributed by atoms with E-state index in [-0.39, 0.29) is 0 Å². The summed E-state index contributed by atoms with van der Waals surface area (Å²) in [5.41, 5.74) is 1.18. The van der Waals surface area contributed by atoms with Crippen molar-refractivity contribution in [1.29, 1.82) is 0 Å². The number of ether oxygens (including phenoxy) is 2.